The van der Waals surface area contributed by atoms with Crippen LogP contribution in [0.25, 0.3) is 0 Å². The van der Waals surface area contributed by atoms with Crippen molar-refractivity contribution in [3.05, 3.63) is 0 Å². The summed E-state index contributed by atoms with van der Waals surface area (Å²) in [6.07, 6.45) is 4.70. The molecular formula is C14H26O2. The van der Waals surface area contributed by atoms with Crippen molar-refractivity contribution in [2.45, 2.75) is 66.2 Å². The van der Waals surface area contributed by atoms with Gasteiger partial charge in [-0.15, -0.1) is 0 Å². The lowest BCUT2D eigenvalue weighted by Crippen LogP contribution is -2.14. The van der Waals surface area contributed by atoms with Crippen LogP contribution in [-0.2, 0) is 9.59 Å². The SMILES string of the molecule is CCC(C)CCC(=O)C(=O)CCCC(C)C. The maximum absolute atomic E-state index is 11.5. The number of Topliss-reactive ketones (excluding diaryl/α,β-unsaturated/α-hetero) is 2. The predicted octanol–water partition coefficient (Wildman–Crippen LogP) is 3.78. The number of carbonyl (C=O) groups excluding carboxylic acids is 2. The van der Waals surface area contributed by atoms with E-state index in [1.165, 1.54) is 0 Å². The van der Waals surface area contributed by atoms with E-state index in [1.807, 2.05) is 0 Å². The zero-order chi connectivity index (χ0) is 12.6. The summed E-state index contributed by atoms with van der Waals surface area (Å²) in [4.78, 5) is 23.0. The van der Waals surface area contributed by atoms with E-state index < -0.39 is 0 Å². The number of hydrogen-bond acceptors (Lipinski definition) is 2. The van der Waals surface area contributed by atoms with Gasteiger partial charge in [0.15, 0.2) is 11.6 Å². The molecule has 1 unspecified atom stereocenters. The molecule has 0 radical (unpaired) electrons. The Bertz CT molecular complexity index is 219. The molecule has 0 saturated carbocycles. The van der Waals surface area contributed by atoms with Crippen molar-refractivity contribution in [2.24, 2.45) is 11.8 Å². The molecule has 2 heteroatoms. The van der Waals surface area contributed by atoms with Crippen LogP contribution in [0.4, 0.5) is 0 Å². The highest BCUT2D eigenvalue weighted by Gasteiger charge is 2.14. The van der Waals surface area contributed by atoms with E-state index in [9.17, 15) is 9.59 Å². The van der Waals surface area contributed by atoms with Gasteiger partial charge in [-0.3, -0.25) is 9.59 Å². The Balaban J connectivity index is 3.70. The summed E-state index contributed by atoms with van der Waals surface area (Å²) >= 11 is 0. The third-order valence-electron chi connectivity index (χ3n) is 3.06. The molecule has 0 aromatic carbocycles. The van der Waals surface area contributed by atoms with Crippen LogP contribution in [-0.4, -0.2) is 11.6 Å². The van der Waals surface area contributed by atoms with E-state index in [0.29, 0.717) is 24.7 Å². The first-order valence-electron chi connectivity index (χ1n) is 6.53. The van der Waals surface area contributed by atoms with Gasteiger partial charge in [0.05, 0.1) is 0 Å². The Hall–Kier alpha value is -0.660. The number of rotatable bonds is 9. The zero-order valence-electron chi connectivity index (χ0n) is 11.2. The first-order chi connectivity index (χ1) is 7.47. The fourth-order valence-corrected chi connectivity index (χ4v) is 1.53. The predicted molar refractivity (Wildman–Crippen MR) is 67.4 cm³/mol. The number of hydrogen-bond donors (Lipinski definition) is 0. The third-order valence-corrected chi connectivity index (χ3v) is 3.06. The molecule has 0 aromatic heterocycles. The van der Waals surface area contributed by atoms with E-state index in [-0.39, 0.29) is 11.6 Å². The molecule has 2 nitrogen and oxygen atoms in total. The van der Waals surface area contributed by atoms with E-state index in [1.54, 1.807) is 0 Å². The van der Waals surface area contributed by atoms with E-state index >= 15 is 0 Å². The quantitative estimate of drug-likeness (QED) is 0.561. The molecule has 0 aromatic rings. The fraction of sp³-hybridized carbons (Fsp3) is 0.857. The van der Waals surface area contributed by atoms with Crippen molar-refractivity contribution in [1.82, 2.24) is 0 Å². The lowest BCUT2D eigenvalue weighted by atomic mass is 9.97. The van der Waals surface area contributed by atoms with Crippen LogP contribution >= 0.6 is 0 Å². The number of ketones is 2. The Labute approximate surface area is 99.8 Å². The van der Waals surface area contributed by atoms with Crippen LogP contribution in [0.5, 0.6) is 0 Å². The van der Waals surface area contributed by atoms with Crippen LogP contribution in [0.15, 0.2) is 0 Å². The van der Waals surface area contributed by atoms with Crippen LogP contribution in [0.3, 0.4) is 0 Å². The topological polar surface area (TPSA) is 34.1 Å². The molecule has 0 aliphatic carbocycles. The molecule has 0 rings (SSSR count). The van der Waals surface area contributed by atoms with Crippen molar-refractivity contribution in [3.63, 3.8) is 0 Å². The maximum atomic E-state index is 11.5. The van der Waals surface area contributed by atoms with Gasteiger partial charge >= 0.3 is 0 Å². The second kappa shape index (κ2) is 8.49. The molecule has 0 fully saturated rings. The molecule has 0 heterocycles. The van der Waals surface area contributed by atoms with Crippen LogP contribution in [0.1, 0.15) is 66.2 Å². The minimum Gasteiger partial charge on any atom is -0.291 e. The van der Waals surface area contributed by atoms with Crippen LogP contribution in [0, 0.1) is 11.8 Å². The molecule has 0 saturated heterocycles. The summed E-state index contributed by atoms with van der Waals surface area (Å²) in [6.45, 7) is 8.50. The van der Waals surface area contributed by atoms with Gasteiger partial charge in [-0.05, 0) is 24.7 Å². The van der Waals surface area contributed by atoms with Crippen LogP contribution < -0.4 is 0 Å². The third kappa shape index (κ3) is 7.61. The van der Waals surface area contributed by atoms with Gasteiger partial charge in [-0.25, -0.2) is 0 Å². The van der Waals surface area contributed by atoms with Crippen molar-refractivity contribution in [3.8, 4) is 0 Å². The maximum Gasteiger partial charge on any atom is 0.198 e. The second-order valence-corrected chi connectivity index (χ2v) is 5.18. The largest absolute Gasteiger partial charge is 0.291 e. The van der Waals surface area contributed by atoms with E-state index in [2.05, 4.69) is 27.7 Å². The summed E-state index contributed by atoms with van der Waals surface area (Å²) in [5.41, 5.74) is 0. The Morgan fingerprint density at radius 3 is 2.00 bits per heavy atom. The van der Waals surface area contributed by atoms with Crippen molar-refractivity contribution in [2.75, 3.05) is 0 Å². The van der Waals surface area contributed by atoms with Crippen molar-refractivity contribution in [1.29, 1.82) is 0 Å². The summed E-state index contributed by atoms with van der Waals surface area (Å²) < 4.78 is 0. The monoisotopic (exact) mass is 226 g/mol. The fourth-order valence-electron chi connectivity index (χ4n) is 1.53. The minimum absolute atomic E-state index is 0.163. The smallest absolute Gasteiger partial charge is 0.198 e. The van der Waals surface area contributed by atoms with Gasteiger partial charge < -0.3 is 0 Å². The van der Waals surface area contributed by atoms with Gasteiger partial charge in [0.1, 0.15) is 0 Å². The summed E-state index contributed by atoms with van der Waals surface area (Å²) in [6, 6.07) is 0. The number of carbonyl (C=O) groups is 2. The van der Waals surface area contributed by atoms with E-state index in [4.69, 9.17) is 0 Å². The first kappa shape index (κ1) is 15.3. The highest BCUT2D eigenvalue weighted by atomic mass is 16.2. The molecule has 0 aliphatic rings. The van der Waals surface area contributed by atoms with Gasteiger partial charge in [0.25, 0.3) is 0 Å². The molecule has 16 heavy (non-hydrogen) atoms. The molecule has 94 valence electrons. The highest BCUT2D eigenvalue weighted by Crippen LogP contribution is 2.11. The zero-order valence-corrected chi connectivity index (χ0v) is 11.2. The standard InChI is InChI=1S/C14H26O2/c1-5-12(4)9-10-14(16)13(15)8-6-7-11(2)3/h11-12H,5-10H2,1-4H3. The Morgan fingerprint density at radius 1 is 0.938 bits per heavy atom. The molecule has 0 spiro atoms. The van der Waals surface area contributed by atoms with Gasteiger partial charge in [0, 0.05) is 12.8 Å². The van der Waals surface area contributed by atoms with Gasteiger partial charge in [-0.1, -0.05) is 40.5 Å². The lowest BCUT2D eigenvalue weighted by molar-refractivity contribution is -0.136. The van der Waals surface area contributed by atoms with E-state index in [0.717, 1.165) is 25.7 Å². The highest BCUT2D eigenvalue weighted by molar-refractivity contribution is 6.37. The molecule has 0 amide bonds. The van der Waals surface area contributed by atoms with Crippen molar-refractivity contribution >= 4 is 11.6 Å². The molecule has 0 aliphatic heterocycles. The van der Waals surface area contributed by atoms with Gasteiger partial charge in [-0.2, -0.15) is 0 Å². The Morgan fingerprint density at radius 2 is 1.50 bits per heavy atom. The first-order valence-corrected chi connectivity index (χ1v) is 6.53. The lowest BCUT2D eigenvalue weighted by Gasteiger charge is -2.07. The normalized spacial score (nSPS) is 12.8. The Kier molecular flexibility index (Phi) is 8.14. The van der Waals surface area contributed by atoms with Crippen molar-refractivity contribution < 1.29 is 9.59 Å². The van der Waals surface area contributed by atoms with Crippen LogP contribution in [0.2, 0.25) is 0 Å². The molecule has 0 bridgehead atoms. The molecule has 0 N–H and O–H groups in total. The molecular weight excluding hydrogens is 200 g/mol. The second-order valence-electron chi connectivity index (χ2n) is 5.18. The summed E-state index contributed by atoms with van der Waals surface area (Å²) in [5, 5.41) is 0. The average Bonchev–Trinajstić information content (AvgIpc) is 2.24. The average molecular weight is 226 g/mol. The summed E-state index contributed by atoms with van der Waals surface area (Å²) in [7, 11) is 0. The minimum atomic E-state index is -0.163. The molecule has 1 atom stereocenters. The summed E-state index contributed by atoms with van der Waals surface area (Å²) in [5.74, 6) is 0.837. The van der Waals surface area contributed by atoms with Gasteiger partial charge in [0.2, 0.25) is 0 Å².